The molecule has 214 valence electrons. The molecule has 5 aromatic rings. The van der Waals surface area contributed by atoms with Crippen LogP contribution in [0.1, 0.15) is 34.7 Å². The summed E-state index contributed by atoms with van der Waals surface area (Å²) in [5.74, 6) is 0.833. The third kappa shape index (κ3) is 5.91. The lowest BCUT2D eigenvalue weighted by atomic mass is 10.0. The standard InChI is InChI=1S/C30H26N4O6S2/c35-29-19-28(42(38,39)34-29)21-15-13-20(14-16-21)17-27(30-31-25-11-4-5-12-26(25)32-30)33-41(36,37)24-10-6-9-23(18-24)40-22-7-2-1-3-8-22/h1-16,18,27-28,33H,17,19H2,(H,31,32)(H,34,35)/t27-,28?/m0/s1. The third-order valence-corrected chi connectivity index (χ3v) is 10.1. The summed E-state index contributed by atoms with van der Waals surface area (Å²) in [4.78, 5) is 19.6. The molecule has 1 unspecified atom stereocenters. The Morgan fingerprint density at radius 2 is 1.62 bits per heavy atom. The number of nitrogens with one attached hydrogen (secondary N) is 3. The minimum absolute atomic E-state index is 0.0241. The van der Waals surface area contributed by atoms with E-state index in [9.17, 15) is 21.6 Å². The molecule has 1 aliphatic heterocycles. The second kappa shape index (κ2) is 11.0. The minimum atomic E-state index is -4.04. The van der Waals surface area contributed by atoms with E-state index in [0.29, 0.717) is 28.4 Å². The van der Waals surface area contributed by atoms with Crippen LogP contribution in [0.2, 0.25) is 0 Å². The number of rotatable bonds is 9. The zero-order chi connectivity index (χ0) is 29.3. The largest absolute Gasteiger partial charge is 0.457 e. The summed E-state index contributed by atoms with van der Waals surface area (Å²) in [6.07, 6.45) is 0.0737. The molecule has 0 aliphatic carbocycles. The van der Waals surface area contributed by atoms with Gasteiger partial charge in [0.25, 0.3) is 0 Å². The van der Waals surface area contributed by atoms with Gasteiger partial charge in [0, 0.05) is 6.07 Å². The molecule has 0 spiro atoms. The Balaban J connectivity index is 1.29. The first-order valence-electron chi connectivity index (χ1n) is 13.1. The van der Waals surface area contributed by atoms with Crippen molar-refractivity contribution in [3.05, 3.63) is 120 Å². The van der Waals surface area contributed by atoms with Crippen molar-refractivity contribution < 1.29 is 26.4 Å². The lowest BCUT2D eigenvalue weighted by Crippen LogP contribution is -2.31. The van der Waals surface area contributed by atoms with E-state index in [0.717, 1.165) is 11.1 Å². The molecule has 0 bridgehead atoms. The number of hydrogen-bond donors (Lipinski definition) is 3. The maximum Gasteiger partial charge on any atom is 0.242 e. The van der Waals surface area contributed by atoms with Gasteiger partial charge >= 0.3 is 0 Å². The second-order valence-electron chi connectivity index (χ2n) is 9.91. The molecular formula is C30H26N4O6S2. The van der Waals surface area contributed by atoms with Crippen LogP contribution in [-0.4, -0.2) is 32.7 Å². The van der Waals surface area contributed by atoms with Crippen LogP contribution in [0.3, 0.4) is 0 Å². The maximum absolute atomic E-state index is 13.6. The van der Waals surface area contributed by atoms with Crippen LogP contribution in [0.5, 0.6) is 11.5 Å². The number of aromatic amines is 1. The Hall–Kier alpha value is -4.52. The number of imidazole rings is 1. The third-order valence-electron chi connectivity index (χ3n) is 6.92. The fourth-order valence-electron chi connectivity index (χ4n) is 4.87. The van der Waals surface area contributed by atoms with E-state index in [4.69, 9.17) is 4.74 Å². The van der Waals surface area contributed by atoms with Crippen molar-refractivity contribution in [3.63, 3.8) is 0 Å². The number of aromatic nitrogens is 2. The molecule has 10 nitrogen and oxygen atoms in total. The van der Waals surface area contributed by atoms with Gasteiger partial charge in [-0.1, -0.05) is 60.7 Å². The zero-order valence-corrected chi connectivity index (χ0v) is 23.7. The van der Waals surface area contributed by atoms with Gasteiger partial charge in [-0.25, -0.2) is 26.5 Å². The van der Waals surface area contributed by atoms with Gasteiger partial charge in [0.1, 0.15) is 22.6 Å². The molecule has 42 heavy (non-hydrogen) atoms. The van der Waals surface area contributed by atoms with Gasteiger partial charge in [-0.3, -0.25) is 9.52 Å². The number of para-hydroxylation sites is 3. The quantitative estimate of drug-likeness (QED) is 0.225. The number of nitrogens with zero attached hydrogens (tertiary/aromatic N) is 1. The smallest absolute Gasteiger partial charge is 0.242 e. The number of fused-ring (bicyclic) bond motifs is 1. The molecule has 6 rings (SSSR count). The highest BCUT2D eigenvalue weighted by Crippen LogP contribution is 2.31. The van der Waals surface area contributed by atoms with Gasteiger partial charge < -0.3 is 9.72 Å². The Morgan fingerprint density at radius 3 is 2.33 bits per heavy atom. The molecule has 4 aromatic carbocycles. The number of amides is 1. The van der Waals surface area contributed by atoms with Crippen molar-refractivity contribution in [2.75, 3.05) is 0 Å². The fraction of sp³-hybridized carbons (Fsp3) is 0.133. The molecule has 2 heterocycles. The van der Waals surface area contributed by atoms with E-state index in [-0.39, 0.29) is 17.7 Å². The van der Waals surface area contributed by atoms with Crippen LogP contribution < -0.4 is 14.2 Å². The molecule has 3 N–H and O–H groups in total. The first-order valence-corrected chi connectivity index (χ1v) is 16.1. The molecule has 0 radical (unpaired) electrons. The Kier molecular flexibility index (Phi) is 7.27. The van der Waals surface area contributed by atoms with Gasteiger partial charge in [0.05, 0.1) is 28.4 Å². The van der Waals surface area contributed by atoms with E-state index in [2.05, 4.69) is 14.7 Å². The SMILES string of the molecule is O=C1CC(c2ccc(C[C@H](NS(=O)(=O)c3cccc(Oc4ccccc4)c3)c3nc4ccccc4[nH]3)cc2)S(=O)(=O)N1. The molecule has 2 atom stereocenters. The normalized spacial score (nSPS) is 17.1. The summed E-state index contributed by atoms with van der Waals surface area (Å²) in [7, 11) is -7.82. The number of sulfonamides is 2. The van der Waals surface area contributed by atoms with Crippen LogP contribution in [0, 0.1) is 0 Å². The fourth-order valence-corrected chi connectivity index (χ4v) is 7.53. The van der Waals surface area contributed by atoms with E-state index in [1.807, 2.05) is 47.2 Å². The van der Waals surface area contributed by atoms with Gasteiger partial charge in [0.15, 0.2) is 0 Å². The minimum Gasteiger partial charge on any atom is -0.457 e. The summed E-state index contributed by atoms with van der Waals surface area (Å²) in [5, 5.41) is -0.964. The molecule has 1 aromatic heterocycles. The molecule has 1 saturated heterocycles. The maximum atomic E-state index is 13.6. The lowest BCUT2D eigenvalue weighted by molar-refractivity contribution is -0.118. The average molecular weight is 603 g/mol. The van der Waals surface area contributed by atoms with Gasteiger partial charge in [0.2, 0.25) is 26.0 Å². The highest BCUT2D eigenvalue weighted by molar-refractivity contribution is 7.90. The van der Waals surface area contributed by atoms with Crippen LogP contribution >= 0.6 is 0 Å². The molecule has 1 amide bonds. The van der Waals surface area contributed by atoms with Gasteiger partial charge in [-0.05, 0) is 53.9 Å². The number of benzene rings is 4. The molecule has 1 fully saturated rings. The van der Waals surface area contributed by atoms with Crippen molar-refractivity contribution >= 4 is 37.0 Å². The average Bonchev–Trinajstić information content (AvgIpc) is 3.53. The van der Waals surface area contributed by atoms with Crippen LogP contribution in [-0.2, 0) is 31.3 Å². The topological polar surface area (TPSA) is 147 Å². The van der Waals surface area contributed by atoms with Crippen LogP contribution in [0.25, 0.3) is 11.0 Å². The highest BCUT2D eigenvalue weighted by atomic mass is 32.2. The lowest BCUT2D eigenvalue weighted by Gasteiger charge is -2.18. The van der Waals surface area contributed by atoms with Crippen molar-refractivity contribution in [1.29, 1.82) is 0 Å². The Bertz CT molecular complexity index is 1940. The summed E-state index contributed by atoms with van der Waals surface area (Å²) in [6, 6.07) is 28.6. The summed E-state index contributed by atoms with van der Waals surface area (Å²) < 4.78 is 62.5. The van der Waals surface area contributed by atoms with Crippen molar-refractivity contribution in [1.82, 2.24) is 19.4 Å². The van der Waals surface area contributed by atoms with Crippen molar-refractivity contribution in [2.24, 2.45) is 0 Å². The number of H-pyrrole nitrogens is 1. The number of ether oxygens (including phenoxy) is 1. The summed E-state index contributed by atoms with van der Waals surface area (Å²) in [5.41, 5.74) is 2.67. The molecule has 12 heteroatoms. The predicted octanol–water partition coefficient (Wildman–Crippen LogP) is 4.51. The highest BCUT2D eigenvalue weighted by Gasteiger charge is 2.37. The molecular weight excluding hydrogens is 576 g/mol. The van der Waals surface area contributed by atoms with Crippen LogP contribution in [0.15, 0.2) is 108 Å². The first kappa shape index (κ1) is 27.6. The van der Waals surface area contributed by atoms with E-state index < -0.39 is 37.2 Å². The van der Waals surface area contributed by atoms with Crippen LogP contribution in [0.4, 0.5) is 0 Å². The second-order valence-corrected chi connectivity index (χ2v) is 13.5. The van der Waals surface area contributed by atoms with E-state index in [1.54, 1.807) is 48.5 Å². The number of hydrogen-bond acceptors (Lipinski definition) is 7. The van der Waals surface area contributed by atoms with Gasteiger partial charge in [-0.2, -0.15) is 0 Å². The zero-order valence-electron chi connectivity index (χ0n) is 22.1. The number of carbonyl (C=O) groups excluding carboxylic acids is 1. The predicted molar refractivity (Wildman–Crippen MR) is 157 cm³/mol. The molecule has 1 aliphatic rings. The summed E-state index contributed by atoms with van der Waals surface area (Å²) >= 11 is 0. The van der Waals surface area contributed by atoms with Crippen molar-refractivity contribution in [2.45, 2.75) is 29.0 Å². The van der Waals surface area contributed by atoms with E-state index >= 15 is 0 Å². The first-order chi connectivity index (χ1) is 20.2. The summed E-state index contributed by atoms with van der Waals surface area (Å²) in [6.45, 7) is 0. The monoisotopic (exact) mass is 602 g/mol. The van der Waals surface area contributed by atoms with Crippen molar-refractivity contribution in [3.8, 4) is 11.5 Å². The Morgan fingerprint density at radius 1 is 0.905 bits per heavy atom. The number of carbonyl (C=O) groups is 1. The van der Waals surface area contributed by atoms with Gasteiger partial charge in [-0.15, -0.1) is 0 Å². The Labute approximate surface area is 242 Å². The molecule has 0 saturated carbocycles. The van der Waals surface area contributed by atoms with E-state index in [1.165, 1.54) is 12.1 Å².